The minimum absolute atomic E-state index is 0.752. The molecule has 0 aliphatic heterocycles. The minimum atomic E-state index is 0.752. The fraction of sp³-hybridized carbons (Fsp3) is 0.375. The van der Waals surface area contributed by atoms with Gasteiger partial charge in [-0.2, -0.15) is 0 Å². The van der Waals surface area contributed by atoms with Crippen LogP contribution >= 0.6 is 23.4 Å². The molecule has 0 fully saturated rings. The SMILES string of the molecule is CCCc1nc(NCC)c(C)c(Sc2ccccc2Cl)n1. The zero-order chi connectivity index (χ0) is 15.2. The predicted molar refractivity (Wildman–Crippen MR) is 90.5 cm³/mol. The van der Waals surface area contributed by atoms with Crippen molar-refractivity contribution in [2.75, 3.05) is 11.9 Å². The molecule has 0 unspecified atom stereocenters. The highest BCUT2D eigenvalue weighted by Crippen LogP contribution is 2.35. The maximum atomic E-state index is 6.25. The lowest BCUT2D eigenvalue weighted by molar-refractivity contribution is 0.802. The summed E-state index contributed by atoms with van der Waals surface area (Å²) in [5.74, 6) is 1.80. The van der Waals surface area contributed by atoms with Gasteiger partial charge in [0.05, 0.1) is 5.02 Å². The third kappa shape index (κ3) is 4.11. The number of anilines is 1. The van der Waals surface area contributed by atoms with Crippen LogP contribution in [0.2, 0.25) is 5.02 Å². The van der Waals surface area contributed by atoms with Crippen molar-refractivity contribution < 1.29 is 0 Å². The summed E-state index contributed by atoms with van der Waals surface area (Å²) in [6.45, 7) is 7.10. The molecule has 5 heteroatoms. The van der Waals surface area contributed by atoms with Crippen LogP contribution in [0.25, 0.3) is 0 Å². The van der Waals surface area contributed by atoms with Crippen LogP contribution < -0.4 is 5.32 Å². The van der Waals surface area contributed by atoms with E-state index in [1.54, 1.807) is 11.8 Å². The van der Waals surface area contributed by atoms with Crippen LogP contribution in [0.4, 0.5) is 5.82 Å². The number of nitrogens with one attached hydrogen (secondary N) is 1. The highest BCUT2D eigenvalue weighted by Gasteiger charge is 2.12. The van der Waals surface area contributed by atoms with Crippen molar-refractivity contribution in [1.29, 1.82) is 0 Å². The maximum Gasteiger partial charge on any atom is 0.133 e. The van der Waals surface area contributed by atoms with E-state index in [0.717, 1.165) is 51.5 Å². The molecule has 1 heterocycles. The number of aromatic nitrogens is 2. The Morgan fingerprint density at radius 1 is 1.19 bits per heavy atom. The number of hydrogen-bond acceptors (Lipinski definition) is 4. The number of hydrogen-bond donors (Lipinski definition) is 1. The normalized spacial score (nSPS) is 10.7. The van der Waals surface area contributed by atoms with Gasteiger partial charge in [0.25, 0.3) is 0 Å². The number of halogens is 1. The fourth-order valence-electron chi connectivity index (χ4n) is 1.95. The molecule has 2 aromatic rings. The van der Waals surface area contributed by atoms with Crippen LogP contribution in [0, 0.1) is 6.92 Å². The molecule has 1 aromatic heterocycles. The number of rotatable bonds is 6. The molecule has 2 rings (SSSR count). The molecular formula is C16H20ClN3S. The lowest BCUT2D eigenvalue weighted by atomic mass is 10.3. The van der Waals surface area contributed by atoms with E-state index in [0.29, 0.717) is 0 Å². The van der Waals surface area contributed by atoms with Gasteiger partial charge in [0.2, 0.25) is 0 Å². The van der Waals surface area contributed by atoms with Crippen molar-refractivity contribution in [3.8, 4) is 0 Å². The van der Waals surface area contributed by atoms with Gasteiger partial charge in [0.1, 0.15) is 16.7 Å². The summed E-state index contributed by atoms with van der Waals surface area (Å²) in [5, 5.41) is 5.04. The summed E-state index contributed by atoms with van der Waals surface area (Å²) in [4.78, 5) is 10.3. The van der Waals surface area contributed by atoms with Gasteiger partial charge in [-0.05, 0) is 32.4 Å². The summed E-state index contributed by atoms with van der Waals surface area (Å²) < 4.78 is 0. The first-order valence-corrected chi connectivity index (χ1v) is 8.38. The summed E-state index contributed by atoms with van der Waals surface area (Å²) in [7, 11) is 0. The summed E-state index contributed by atoms with van der Waals surface area (Å²) in [5.41, 5.74) is 1.07. The minimum Gasteiger partial charge on any atom is -0.370 e. The Balaban J connectivity index is 2.39. The van der Waals surface area contributed by atoms with E-state index in [4.69, 9.17) is 16.6 Å². The Hall–Kier alpha value is -1.26. The standard InChI is InChI=1S/C16H20ClN3S/c1-4-8-14-19-15(18-5-2)11(3)16(20-14)21-13-10-7-6-9-12(13)17/h6-7,9-10H,4-5,8H2,1-3H3,(H,18,19,20). The van der Waals surface area contributed by atoms with Gasteiger partial charge in [0.15, 0.2) is 0 Å². The van der Waals surface area contributed by atoms with Crippen molar-refractivity contribution in [3.63, 3.8) is 0 Å². The molecule has 0 aliphatic rings. The van der Waals surface area contributed by atoms with E-state index < -0.39 is 0 Å². The second-order valence-corrected chi connectivity index (χ2v) is 6.17. The summed E-state index contributed by atoms with van der Waals surface area (Å²) in [6, 6.07) is 7.84. The number of nitrogens with zero attached hydrogens (tertiary/aromatic N) is 2. The number of benzene rings is 1. The van der Waals surface area contributed by atoms with Crippen molar-refractivity contribution in [3.05, 3.63) is 40.7 Å². The van der Waals surface area contributed by atoms with Crippen LogP contribution in [0.1, 0.15) is 31.7 Å². The second-order valence-electron chi connectivity index (χ2n) is 4.73. The Labute approximate surface area is 135 Å². The summed E-state index contributed by atoms with van der Waals surface area (Å²) >= 11 is 7.85. The average molecular weight is 322 g/mol. The van der Waals surface area contributed by atoms with Crippen LogP contribution in [0.5, 0.6) is 0 Å². The molecule has 0 radical (unpaired) electrons. The van der Waals surface area contributed by atoms with Crippen molar-refractivity contribution in [2.24, 2.45) is 0 Å². The number of aryl methyl sites for hydroxylation is 1. The Bertz CT molecular complexity index is 616. The molecule has 1 aromatic carbocycles. The summed E-state index contributed by atoms with van der Waals surface area (Å²) in [6.07, 6.45) is 1.92. The quantitative estimate of drug-likeness (QED) is 0.762. The molecule has 0 atom stereocenters. The molecule has 112 valence electrons. The van der Waals surface area contributed by atoms with E-state index in [1.807, 2.05) is 31.2 Å². The largest absolute Gasteiger partial charge is 0.370 e. The first-order chi connectivity index (χ1) is 10.2. The zero-order valence-corrected chi connectivity index (χ0v) is 14.2. The average Bonchev–Trinajstić information content (AvgIpc) is 2.46. The van der Waals surface area contributed by atoms with Crippen LogP contribution in [-0.2, 0) is 6.42 Å². The highest BCUT2D eigenvalue weighted by molar-refractivity contribution is 7.99. The van der Waals surface area contributed by atoms with Crippen molar-refractivity contribution >= 4 is 29.2 Å². The Morgan fingerprint density at radius 3 is 2.62 bits per heavy atom. The monoisotopic (exact) mass is 321 g/mol. The molecule has 0 bridgehead atoms. The van der Waals surface area contributed by atoms with Gasteiger partial charge in [-0.3, -0.25) is 0 Å². The smallest absolute Gasteiger partial charge is 0.133 e. The lowest BCUT2D eigenvalue weighted by Gasteiger charge is -2.13. The molecule has 3 nitrogen and oxygen atoms in total. The van der Waals surface area contributed by atoms with Crippen LogP contribution in [-0.4, -0.2) is 16.5 Å². The van der Waals surface area contributed by atoms with E-state index in [2.05, 4.69) is 24.1 Å². The maximum absolute atomic E-state index is 6.25. The topological polar surface area (TPSA) is 37.8 Å². The third-order valence-corrected chi connectivity index (χ3v) is 4.62. The second kappa shape index (κ2) is 7.66. The van der Waals surface area contributed by atoms with E-state index in [1.165, 1.54) is 0 Å². The third-order valence-electron chi connectivity index (χ3n) is 3.01. The Kier molecular flexibility index (Phi) is 5.88. The van der Waals surface area contributed by atoms with E-state index >= 15 is 0 Å². The van der Waals surface area contributed by atoms with Gasteiger partial charge >= 0.3 is 0 Å². The van der Waals surface area contributed by atoms with Crippen LogP contribution in [0.15, 0.2) is 34.2 Å². The van der Waals surface area contributed by atoms with Gasteiger partial charge in [0, 0.05) is 23.4 Å². The highest BCUT2D eigenvalue weighted by atomic mass is 35.5. The first kappa shape index (κ1) is 16.1. The van der Waals surface area contributed by atoms with Gasteiger partial charge in [-0.25, -0.2) is 9.97 Å². The lowest BCUT2D eigenvalue weighted by Crippen LogP contribution is -2.07. The molecule has 1 N–H and O–H groups in total. The molecule has 0 amide bonds. The van der Waals surface area contributed by atoms with Crippen molar-refractivity contribution in [1.82, 2.24) is 9.97 Å². The van der Waals surface area contributed by atoms with Gasteiger partial charge in [-0.1, -0.05) is 42.4 Å². The van der Waals surface area contributed by atoms with E-state index in [9.17, 15) is 0 Å². The molecule has 0 spiro atoms. The molecular weight excluding hydrogens is 302 g/mol. The molecule has 0 saturated carbocycles. The van der Waals surface area contributed by atoms with Crippen molar-refractivity contribution in [2.45, 2.75) is 43.5 Å². The zero-order valence-electron chi connectivity index (χ0n) is 12.6. The molecule has 21 heavy (non-hydrogen) atoms. The fourth-order valence-corrected chi connectivity index (χ4v) is 3.12. The first-order valence-electron chi connectivity index (χ1n) is 7.19. The molecule has 0 aliphatic carbocycles. The van der Waals surface area contributed by atoms with Crippen LogP contribution in [0.3, 0.4) is 0 Å². The van der Waals surface area contributed by atoms with Gasteiger partial charge in [-0.15, -0.1) is 0 Å². The molecule has 0 saturated heterocycles. The predicted octanol–water partition coefficient (Wildman–Crippen LogP) is 4.97. The Morgan fingerprint density at radius 2 is 1.95 bits per heavy atom. The van der Waals surface area contributed by atoms with Gasteiger partial charge < -0.3 is 5.32 Å². The van der Waals surface area contributed by atoms with E-state index in [-0.39, 0.29) is 0 Å².